The van der Waals surface area contributed by atoms with Crippen molar-refractivity contribution in [1.82, 2.24) is 15.0 Å². The van der Waals surface area contributed by atoms with Crippen LogP contribution < -0.4 is 0 Å². The van der Waals surface area contributed by atoms with E-state index in [4.69, 9.17) is 10.2 Å². The van der Waals surface area contributed by atoms with Gasteiger partial charge in [-0.05, 0) is 40.5 Å². The third kappa shape index (κ3) is 3.74. The van der Waals surface area contributed by atoms with Gasteiger partial charge >= 0.3 is 0 Å². The van der Waals surface area contributed by atoms with Crippen molar-refractivity contribution in [1.29, 1.82) is 0 Å². The predicted molar refractivity (Wildman–Crippen MR) is 136 cm³/mol. The van der Waals surface area contributed by atoms with Crippen molar-refractivity contribution in [2.24, 2.45) is 0 Å². The van der Waals surface area contributed by atoms with Crippen LogP contribution in [-0.2, 0) is 10.8 Å². The molecule has 0 N–H and O–H groups in total. The standard InChI is InChI=1S/C30H29N3/c1-29(2,22-13-7-5-8-14-22)24-19-20-28(33-31-26-17-11-12-18-27(26)32-33)25(21-24)30(3,4)23-15-9-6-10-16-23/h5-21H,1-4H3. The van der Waals surface area contributed by atoms with E-state index in [-0.39, 0.29) is 10.8 Å². The maximum absolute atomic E-state index is 4.81. The molecule has 3 nitrogen and oxygen atoms in total. The summed E-state index contributed by atoms with van der Waals surface area (Å²) in [6.45, 7) is 9.14. The van der Waals surface area contributed by atoms with Gasteiger partial charge in [0, 0.05) is 10.8 Å². The first-order valence-corrected chi connectivity index (χ1v) is 11.5. The molecule has 0 spiro atoms. The Balaban J connectivity index is 1.73. The first kappa shape index (κ1) is 21.1. The molecule has 0 radical (unpaired) electrons. The first-order valence-electron chi connectivity index (χ1n) is 11.5. The summed E-state index contributed by atoms with van der Waals surface area (Å²) in [6.07, 6.45) is 0. The quantitative estimate of drug-likeness (QED) is 0.298. The summed E-state index contributed by atoms with van der Waals surface area (Å²) >= 11 is 0. The van der Waals surface area contributed by atoms with E-state index in [0.717, 1.165) is 16.7 Å². The number of nitrogens with zero attached hydrogens (tertiary/aromatic N) is 3. The third-order valence-corrected chi connectivity index (χ3v) is 6.88. The Morgan fingerprint density at radius 1 is 0.515 bits per heavy atom. The molecule has 4 aromatic carbocycles. The van der Waals surface area contributed by atoms with Gasteiger partial charge < -0.3 is 0 Å². The van der Waals surface area contributed by atoms with Crippen LogP contribution in [0.5, 0.6) is 0 Å². The van der Waals surface area contributed by atoms with E-state index < -0.39 is 0 Å². The fraction of sp³-hybridized carbons (Fsp3) is 0.200. The van der Waals surface area contributed by atoms with Crippen molar-refractivity contribution in [3.05, 3.63) is 125 Å². The van der Waals surface area contributed by atoms with Gasteiger partial charge in [-0.15, -0.1) is 10.2 Å². The van der Waals surface area contributed by atoms with Gasteiger partial charge in [0.1, 0.15) is 11.0 Å². The van der Waals surface area contributed by atoms with Gasteiger partial charge in [-0.3, -0.25) is 0 Å². The zero-order chi connectivity index (χ0) is 23.1. The lowest BCUT2D eigenvalue weighted by Gasteiger charge is -2.32. The molecule has 33 heavy (non-hydrogen) atoms. The van der Waals surface area contributed by atoms with E-state index in [1.165, 1.54) is 22.3 Å². The molecule has 164 valence electrons. The highest BCUT2D eigenvalue weighted by atomic mass is 15.5. The molecule has 0 fully saturated rings. The molecule has 1 aromatic heterocycles. The molecule has 0 amide bonds. The minimum atomic E-state index is -0.237. The van der Waals surface area contributed by atoms with Crippen molar-refractivity contribution in [2.75, 3.05) is 0 Å². The van der Waals surface area contributed by atoms with Crippen LogP contribution in [0.25, 0.3) is 16.7 Å². The van der Waals surface area contributed by atoms with Gasteiger partial charge in [0.05, 0.1) is 5.69 Å². The lowest BCUT2D eigenvalue weighted by Crippen LogP contribution is -2.25. The van der Waals surface area contributed by atoms with E-state index in [0.29, 0.717) is 0 Å². The summed E-state index contributed by atoms with van der Waals surface area (Å²) in [5.41, 5.74) is 7.46. The van der Waals surface area contributed by atoms with E-state index in [1.807, 2.05) is 24.3 Å². The fourth-order valence-electron chi connectivity index (χ4n) is 4.60. The second-order valence-electron chi connectivity index (χ2n) is 9.69. The SMILES string of the molecule is CC(C)(c1ccccc1)c1ccc(-n2nc3ccccc3n2)c(C(C)(C)c2ccccc2)c1. The average Bonchev–Trinajstić information content (AvgIpc) is 3.29. The summed E-state index contributed by atoms with van der Waals surface area (Å²) < 4.78 is 0. The Labute approximate surface area is 195 Å². The molecule has 3 heteroatoms. The van der Waals surface area contributed by atoms with Crippen LogP contribution in [0.2, 0.25) is 0 Å². The minimum absolute atomic E-state index is 0.135. The van der Waals surface area contributed by atoms with Crippen molar-refractivity contribution in [3.63, 3.8) is 0 Å². The molecular formula is C30H29N3. The third-order valence-electron chi connectivity index (χ3n) is 6.88. The molecule has 0 aliphatic rings. The number of hydrogen-bond donors (Lipinski definition) is 0. The zero-order valence-corrected chi connectivity index (χ0v) is 19.7. The molecule has 0 unspecified atom stereocenters. The Hall–Kier alpha value is -3.72. The van der Waals surface area contributed by atoms with Gasteiger partial charge in [-0.1, -0.05) is 113 Å². The Bertz CT molecular complexity index is 1360. The molecule has 5 rings (SSSR count). The smallest absolute Gasteiger partial charge is 0.113 e. The normalized spacial score (nSPS) is 12.2. The second-order valence-corrected chi connectivity index (χ2v) is 9.69. The van der Waals surface area contributed by atoms with Gasteiger partial charge in [0.15, 0.2) is 0 Å². The number of fused-ring (bicyclic) bond motifs is 1. The molecular weight excluding hydrogens is 402 g/mol. The first-order chi connectivity index (χ1) is 15.9. The monoisotopic (exact) mass is 431 g/mol. The number of hydrogen-bond acceptors (Lipinski definition) is 2. The highest BCUT2D eigenvalue weighted by Crippen LogP contribution is 2.39. The number of benzene rings is 4. The number of aromatic nitrogens is 3. The molecule has 0 saturated heterocycles. The van der Waals surface area contributed by atoms with Crippen LogP contribution in [0.15, 0.2) is 103 Å². The van der Waals surface area contributed by atoms with Crippen LogP contribution in [0, 0.1) is 0 Å². The van der Waals surface area contributed by atoms with E-state index in [9.17, 15) is 0 Å². The maximum atomic E-state index is 4.81. The van der Waals surface area contributed by atoms with Crippen LogP contribution in [-0.4, -0.2) is 15.0 Å². The largest absolute Gasteiger partial charge is 0.150 e. The minimum Gasteiger partial charge on any atom is -0.150 e. The molecule has 0 atom stereocenters. The summed E-state index contributed by atoms with van der Waals surface area (Å²) in [5, 5.41) is 9.61. The summed E-state index contributed by atoms with van der Waals surface area (Å²) in [7, 11) is 0. The van der Waals surface area contributed by atoms with Gasteiger partial charge in [-0.2, -0.15) is 4.80 Å². The second kappa shape index (κ2) is 8.00. The average molecular weight is 432 g/mol. The lowest BCUT2D eigenvalue weighted by molar-refractivity contribution is 0.605. The molecule has 0 bridgehead atoms. The topological polar surface area (TPSA) is 30.7 Å². The molecule has 5 aromatic rings. The fourth-order valence-corrected chi connectivity index (χ4v) is 4.60. The van der Waals surface area contributed by atoms with Gasteiger partial charge in [0.25, 0.3) is 0 Å². The maximum Gasteiger partial charge on any atom is 0.113 e. The molecule has 1 heterocycles. The summed E-state index contributed by atoms with van der Waals surface area (Å²) in [5.74, 6) is 0. The van der Waals surface area contributed by atoms with E-state index in [2.05, 4.69) is 107 Å². The van der Waals surface area contributed by atoms with Crippen LogP contribution in [0.3, 0.4) is 0 Å². The number of rotatable bonds is 5. The predicted octanol–water partition coefficient (Wildman–Crippen LogP) is 7.07. The van der Waals surface area contributed by atoms with Crippen molar-refractivity contribution < 1.29 is 0 Å². The molecule has 0 saturated carbocycles. The Kier molecular flexibility index (Phi) is 5.13. The van der Waals surface area contributed by atoms with Crippen molar-refractivity contribution >= 4 is 11.0 Å². The van der Waals surface area contributed by atoms with Crippen LogP contribution >= 0.6 is 0 Å². The van der Waals surface area contributed by atoms with Gasteiger partial charge in [0.2, 0.25) is 0 Å². The molecule has 0 aliphatic heterocycles. The van der Waals surface area contributed by atoms with Gasteiger partial charge in [-0.25, -0.2) is 0 Å². The van der Waals surface area contributed by atoms with E-state index >= 15 is 0 Å². The van der Waals surface area contributed by atoms with Crippen molar-refractivity contribution in [2.45, 2.75) is 38.5 Å². The highest BCUT2D eigenvalue weighted by Gasteiger charge is 2.31. The summed E-state index contributed by atoms with van der Waals surface area (Å²) in [6, 6.07) is 36.2. The highest BCUT2D eigenvalue weighted by molar-refractivity contribution is 5.73. The van der Waals surface area contributed by atoms with Crippen LogP contribution in [0.1, 0.15) is 49.9 Å². The Morgan fingerprint density at radius 2 is 1.00 bits per heavy atom. The zero-order valence-electron chi connectivity index (χ0n) is 19.7. The molecule has 0 aliphatic carbocycles. The van der Waals surface area contributed by atoms with E-state index in [1.54, 1.807) is 4.80 Å². The van der Waals surface area contributed by atoms with Crippen LogP contribution in [0.4, 0.5) is 0 Å². The summed E-state index contributed by atoms with van der Waals surface area (Å²) in [4.78, 5) is 1.80. The van der Waals surface area contributed by atoms with Crippen molar-refractivity contribution in [3.8, 4) is 5.69 Å². The Morgan fingerprint density at radius 3 is 1.55 bits per heavy atom. The lowest BCUT2D eigenvalue weighted by atomic mass is 9.73.